The van der Waals surface area contributed by atoms with Crippen LogP contribution >= 0.6 is 0 Å². The zero-order valence-electron chi connectivity index (χ0n) is 11.4. The number of fused-ring (bicyclic) bond motifs is 1. The Bertz CT molecular complexity index is 762. The van der Waals surface area contributed by atoms with Gasteiger partial charge in [0.2, 0.25) is 0 Å². The van der Waals surface area contributed by atoms with E-state index in [4.69, 9.17) is 10.3 Å². The fourth-order valence-electron chi connectivity index (χ4n) is 2.23. The maximum atomic E-state index is 11.9. The van der Waals surface area contributed by atoms with Crippen LogP contribution in [0, 0.1) is 0 Å². The maximum Gasteiger partial charge on any atom is 0.267 e. The van der Waals surface area contributed by atoms with Crippen LogP contribution in [-0.4, -0.2) is 29.3 Å². The maximum absolute atomic E-state index is 11.9. The molecule has 1 amide bonds. The summed E-state index contributed by atoms with van der Waals surface area (Å²) >= 11 is 0. The van der Waals surface area contributed by atoms with Crippen LogP contribution in [0.15, 0.2) is 29.4 Å². The molecular weight excluding hydrogens is 272 g/mol. The third-order valence-electron chi connectivity index (χ3n) is 3.31. The molecule has 0 bridgehead atoms. The molecule has 1 atom stereocenters. The van der Waals surface area contributed by atoms with Gasteiger partial charge < -0.3 is 9.64 Å². The van der Waals surface area contributed by atoms with E-state index >= 15 is 0 Å². The van der Waals surface area contributed by atoms with Crippen LogP contribution in [0.2, 0.25) is 0 Å². The molecule has 8 heteroatoms. The lowest BCUT2D eigenvalue weighted by atomic mass is 10.1. The molecule has 1 N–H and O–H groups in total. The number of benzene rings is 1. The van der Waals surface area contributed by atoms with Crippen LogP contribution in [0.25, 0.3) is 21.7 Å². The van der Waals surface area contributed by atoms with Crippen LogP contribution in [0.3, 0.4) is 0 Å². The minimum absolute atomic E-state index is 0.101. The normalized spacial score (nSPS) is 17.0. The van der Waals surface area contributed by atoms with Gasteiger partial charge in [-0.3, -0.25) is 9.89 Å². The third-order valence-corrected chi connectivity index (χ3v) is 3.31. The number of carbonyl (C=O) groups is 1. The SMILES string of the molecule is CC1Oc2ccc(-c3cc(N=[N+]=[N-])[nH]n3)cc2N(C)C1=O. The van der Waals surface area contributed by atoms with Gasteiger partial charge in [0.1, 0.15) is 11.6 Å². The molecule has 0 saturated heterocycles. The van der Waals surface area contributed by atoms with Crippen LogP contribution in [0.1, 0.15) is 6.92 Å². The molecule has 3 rings (SSSR count). The molecule has 0 saturated carbocycles. The summed E-state index contributed by atoms with van der Waals surface area (Å²) in [4.78, 5) is 16.2. The Labute approximate surface area is 120 Å². The Hall–Kier alpha value is -2.99. The number of hydrogen-bond donors (Lipinski definition) is 1. The number of ether oxygens (including phenoxy) is 1. The number of azide groups is 1. The second-order valence-corrected chi connectivity index (χ2v) is 4.67. The summed E-state index contributed by atoms with van der Waals surface area (Å²) in [5, 5.41) is 10.2. The standard InChI is InChI=1S/C13H12N6O2/c1-7-13(20)19(2)10-5-8(3-4-11(10)21-7)9-6-12(16-15-9)17-18-14/h3-7H,1-2H3,(H,15,16). The van der Waals surface area contributed by atoms with Gasteiger partial charge in [0.15, 0.2) is 6.10 Å². The van der Waals surface area contributed by atoms with Gasteiger partial charge in [-0.2, -0.15) is 5.10 Å². The van der Waals surface area contributed by atoms with Gasteiger partial charge >= 0.3 is 0 Å². The highest BCUT2D eigenvalue weighted by atomic mass is 16.5. The Morgan fingerprint density at radius 2 is 2.29 bits per heavy atom. The average Bonchev–Trinajstić information content (AvgIpc) is 2.94. The highest BCUT2D eigenvalue weighted by Crippen LogP contribution is 2.36. The fraction of sp³-hybridized carbons (Fsp3) is 0.231. The number of aromatic nitrogens is 2. The van der Waals surface area contributed by atoms with E-state index in [0.717, 1.165) is 5.56 Å². The molecule has 1 aromatic heterocycles. The molecule has 2 aromatic rings. The van der Waals surface area contributed by atoms with Crippen LogP contribution in [-0.2, 0) is 4.79 Å². The first kappa shape index (κ1) is 13.0. The molecule has 8 nitrogen and oxygen atoms in total. The van der Waals surface area contributed by atoms with Crippen molar-refractivity contribution in [3.8, 4) is 17.0 Å². The second kappa shape index (κ2) is 4.84. The minimum Gasteiger partial charge on any atom is -0.479 e. The number of aromatic amines is 1. The Morgan fingerprint density at radius 1 is 1.48 bits per heavy atom. The summed E-state index contributed by atoms with van der Waals surface area (Å²) in [5.41, 5.74) is 10.5. The van der Waals surface area contributed by atoms with E-state index in [1.807, 2.05) is 12.1 Å². The smallest absolute Gasteiger partial charge is 0.267 e. The van der Waals surface area contributed by atoms with Gasteiger partial charge in [0.05, 0.1) is 11.4 Å². The number of anilines is 1. The van der Waals surface area contributed by atoms with E-state index in [1.54, 1.807) is 31.0 Å². The predicted molar refractivity (Wildman–Crippen MR) is 76.3 cm³/mol. The number of amides is 1. The molecule has 1 aliphatic heterocycles. The van der Waals surface area contributed by atoms with Crippen LogP contribution in [0.4, 0.5) is 11.5 Å². The van der Waals surface area contributed by atoms with Crippen LogP contribution in [0.5, 0.6) is 5.75 Å². The largest absolute Gasteiger partial charge is 0.479 e. The monoisotopic (exact) mass is 284 g/mol. The quantitative estimate of drug-likeness (QED) is 0.520. The van der Waals surface area contributed by atoms with E-state index in [2.05, 4.69) is 20.2 Å². The molecule has 0 aliphatic carbocycles. The number of likely N-dealkylation sites (N-methyl/N-ethyl adjacent to an activating group) is 1. The number of nitrogens with one attached hydrogen (secondary N) is 1. The average molecular weight is 284 g/mol. The number of nitrogens with zero attached hydrogens (tertiary/aromatic N) is 5. The first-order chi connectivity index (χ1) is 10.1. The van der Waals surface area contributed by atoms with Crippen molar-refractivity contribution < 1.29 is 9.53 Å². The molecule has 1 aliphatic rings. The zero-order chi connectivity index (χ0) is 15.0. The van der Waals surface area contributed by atoms with E-state index in [1.165, 1.54) is 0 Å². The van der Waals surface area contributed by atoms with Crippen molar-refractivity contribution in [2.45, 2.75) is 13.0 Å². The highest BCUT2D eigenvalue weighted by Gasteiger charge is 2.29. The second-order valence-electron chi connectivity index (χ2n) is 4.67. The minimum atomic E-state index is -0.490. The molecular formula is C13H12N6O2. The fourth-order valence-corrected chi connectivity index (χ4v) is 2.23. The van der Waals surface area contributed by atoms with Crippen molar-refractivity contribution >= 4 is 17.4 Å². The van der Waals surface area contributed by atoms with Crippen molar-refractivity contribution in [3.63, 3.8) is 0 Å². The molecule has 106 valence electrons. The number of hydrogen-bond acceptors (Lipinski definition) is 4. The summed E-state index contributed by atoms with van der Waals surface area (Å²) in [5.74, 6) is 0.884. The molecule has 21 heavy (non-hydrogen) atoms. The highest BCUT2D eigenvalue weighted by molar-refractivity contribution is 6.00. The lowest BCUT2D eigenvalue weighted by Gasteiger charge is -2.30. The molecule has 0 spiro atoms. The van der Waals surface area contributed by atoms with Crippen molar-refractivity contribution in [1.29, 1.82) is 0 Å². The molecule has 0 fully saturated rings. The summed E-state index contributed by atoms with van der Waals surface area (Å²) in [6.45, 7) is 1.72. The van der Waals surface area contributed by atoms with Crippen LogP contribution < -0.4 is 9.64 Å². The summed E-state index contributed by atoms with van der Waals surface area (Å²) < 4.78 is 5.56. The third kappa shape index (κ3) is 2.17. The Balaban J connectivity index is 2.02. The van der Waals surface area contributed by atoms with E-state index in [9.17, 15) is 4.79 Å². The van der Waals surface area contributed by atoms with Crippen molar-refractivity contribution in [3.05, 3.63) is 34.7 Å². The van der Waals surface area contributed by atoms with Gasteiger partial charge in [-0.25, -0.2) is 0 Å². The lowest BCUT2D eigenvalue weighted by Crippen LogP contribution is -2.41. The van der Waals surface area contributed by atoms with Crippen molar-refractivity contribution in [2.24, 2.45) is 5.11 Å². The molecule has 1 aromatic carbocycles. The van der Waals surface area contributed by atoms with Gasteiger partial charge in [0.25, 0.3) is 5.91 Å². The van der Waals surface area contributed by atoms with E-state index in [-0.39, 0.29) is 5.91 Å². The van der Waals surface area contributed by atoms with Gasteiger partial charge in [-0.1, -0.05) is 0 Å². The van der Waals surface area contributed by atoms with Gasteiger partial charge in [0, 0.05) is 17.5 Å². The number of H-pyrrole nitrogens is 1. The van der Waals surface area contributed by atoms with E-state index in [0.29, 0.717) is 22.9 Å². The topological polar surface area (TPSA) is 107 Å². The molecule has 1 unspecified atom stereocenters. The van der Waals surface area contributed by atoms with Gasteiger partial charge in [-0.05, 0) is 41.8 Å². The lowest BCUT2D eigenvalue weighted by molar-refractivity contribution is -0.125. The first-order valence-electron chi connectivity index (χ1n) is 6.29. The number of carbonyl (C=O) groups excluding carboxylic acids is 1. The van der Waals surface area contributed by atoms with E-state index < -0.39 is 6.10 Å². The van der Waals surface area contributed by atoms with Gasteiger partial charge in [-0.15, -0.1) is 0 Å². The summed E-state index contributed by atoms with van der Waals surface area (Å²) in [7, 11) is 1.71. The first-order valence-corrected chi connectivity index (χ1v) is 6.29. The summed E-state index contributed by atoms with van der Waals surface area (Å²) in [6, 6.07) is 7.09. The summed E-state index contributed by atoms with van der Waals surface area (Å²) in [6.07, 6.45) is -0.490. The van der Waals surface area contributed by atoms with Crippen molar-refractivity contribution in [1.82, 2.24) is 10.2 Å². The molecule has 2 heterocycles. The predicted octanol–water partition coefficient (Wildman–Crippen LogP) is 2.76. The number of rotatable bonds is 2. The Morgan fingerprint density at radius 3 is 3.05 bits per heavy atom. The Kier molecular flexibility index (Phi) is 3.00. The van der Waals surface area contributed by atoms with Crippen molar-refractivity contribution in [2.75, 3.05) is 11.9 Å². The molecule has 0 radical (unpaired) electrons. The zero-order valence-corrected chi connectivity index (χ0v) is 11.4.